The van der Waals surface area contributed by atoms with Crippen LogP contribution in [0.3, 0.4) is 0 Å². The van der Waals surface area contributed by atoms with E-state index in [4.69, 9.17) is 16.0 Å². The number of furan rings is 1. The summed E-state index contributed by atoms with van der Waals surface area (Å²) in [6, 6.07) is 22.7. The zero-order valence-corrected chi connectivity index (χ0v) is 20.4. The van der Waals surface area contributed by atoms with Crippen LogP contribution < -0.4 is 5.32 Å². The highest BCUT2D eigenvalue weighted by Crippen LogP contribution is 2.34. The smallest absolute Gasteiger partial charge is 0.271 e. The summed E-state index contributed by atoms with van der Waals surface area (Å²) in [7, 11) is 0. The van der Waals surface area contributed by atoms with E-state index in [0.717, 1.165) is 22.4 Å². The highest BCUT2D eigenvalue weighted by Gasteiger charge is 2.47. The topological polar surface area (TPSA) is 67.5 Å². The third-order valence-corrected chi connectivity index (χ3v) is 6.81. The van der Waals surface area contributed by atoms with Crippen molar-refractivity contribution < 1.29 is 14.0 Å². The number of rotatable bonds is 6. The van der Waals surface area contributed by atoms with Gasteiger partial charge < -0.3 is 19.2 Å². The van der Waals surface area contributed by atoms with E-state index < -0.39 is 5.54 Å². The number of benzene rings is 2. The number of fused-ring (bicyclic) bond motifs is 1. The zero-order valence-electron chi connectivity index (χ0n) is 19.6. The van der Waals surface area contributed by atoms with E-state index in [0.29, 0.717) is 36.1 Å². The normalized spacial score (nSPS) is 17.3. The predicted octanol–water partition coefficient (Wildman–Crippen LogP) is 5.44. The summed E-state index contributed by atoms with van der Waals surface area (Å²) in [5.74, 6) is 0.234. The molecule has 3 heterocycles. The van der Waals surface area contributed by atoms with E-state index >= 15 is 0 Å². The number of halogens is 1. The molecule has 0 radical (unpaired) electrons. The molecule has 35 heavy (non-hydrogen) atoms. The molecule has 178 valence electrons. The maximum atomic E-state index is 13.8. The van der Waals surface area contributed by atoms with Crippen LogP contribution in [0.5, 0.6) is 0 Å². The van der Waals surface area contributed by atoms with Gasteiger partial charge in [-0.1, -0.05) is 53.6 Å². The Morgan fingerprint density at radius 3 is 2.51 bits per heavy atom. The van der Waals surface area contributed by atoms with Gasteiger partial charge in [-0.2, -0.15) is 0 Å². The molecule has 1 atom stereocenters. The minimum atomic E-state index is -1.12. The second-order valence-electron chi connectivity index (χ2n) is 9.13. The fourth-order valence-corrected chi connectivity index (χ4v) is 4.75. The van der Waals surface area contributed by atoms with Gasteiger partial charge in [-0.25, -0.2) is 0 Å². The largest absolute Gasteiger partial charge is 0.463 e. The summed E-state index contributed by atoms with van der Waals surface area (Å²) in [5.41, 5.74) is 3.18. The molecule has 0 aliphatic carbocycles. The average molecular weight is 488 g/mol. The molecule has 7 heteroatoms. The van der Waals surface area contributed by atoms with Gasteiger partial charge in [0, 0.05) is 18.1 Å². The zero-order chi connectivity index (χ0) is 24.6. The van der Waals surface area contributed by atoms with Crippen molar-refractivity contribution >= 4 is 23.4 Å². The molecule has 0 spiro atoms. The Hall–Kier alpha value is -3.77. The van der Waals surface area contributed by atoms with E-state index in [1.165, 1.54) is 0 Å². The number of nitrogens with one attached hydrogen (secondary N) is 1. The third kappa shape index (κ3) is 4.37. The quantitative estimate of drug-likeness (QED) is 0.393. The number of nitrogens with zero attached hydrogens (tertiary/aromatic N) is 2. The Morgan fingerprint density at radius 1 is 1.03 bits per heavy atom. The molecule has 4 aromatic rings. The van der Waals surface area contributed by atoms with Crippen molar-refractivity contribution in [1.82, 2.24) is 14.8 Å². The van der Waals surface area contributed by atoms with E-state index in [1.54, 1.807) is 29.4 Å². The summed E-state index contributed by atoms with van der Waals surface area (Å²) in [6.45, 7) is 4.80. The Labute approximate surface area is 209 Å². The molecule has 0 saturated heterocycles. The molecule has 2 aromatic carbocycles. The van der Waals surface area contributed by atoms with Crippen LogP contribution in [-0.2, 0) is 24.4 Å². The molecule has 0 saturated carbocycles. The van der Waals surface area contributed by atoms with Crippen LogP contribution in [-0.4, -0.2) is 26.8 Å². The SMILES string of the molecule is Cc1cccc(CN2C(=O)c3ccc(-c4ccco4)n3CC2(C)C(=O)NCc2ccc(Cl)cc2)c1. The van der Waals surface area contributed by atoms with Gasteiger partial charge in [0.15, 0.2) is 0 Å². The van der Waals surface area contributed by atoms with E-state index in [-0.39, 0.29) is 11.8 Å². The van der Waals surface area contributed by atoms with Crippen molar-refractivity contribution in [2.75, 3.05) is 0 Å². The minimum Gasteiger partial charge on any atom is -0.463 e. The first-order valence-electron chi connectivity index (χ1n) is 11.5. The average Bonchev–Trinajstić information content (AvgIpc) is 3.51. The number of aryl methyl sites for hydroxylation is 1. The van der Waals surface area contributed by atoms with Gasteiger partial charge in [-0.3, -0.25) is 9.59 Å². The first-order chi connectivity index (χ1) is 16.8. The number of carbonyl (C=O) groups is 2. The van der Waals surface area contributed by atoms with Gasteiger partial charge in [-0.15, -0.1) is 0 Å². The number of hydrogen-bond donors (Lipinski definition) is 1. The Bertz CT molecular complexity index is 1370. The summed E-state index contributed by atoms with van der Waals surface area (Å²) in [6.07, 6.45) is 1.60. The van der Waals surface area contributed by atoms with Gasteiger partial charge in [0.2, 0.25) is 5.91 Å². The van der Waals surface area contributed by atoms with Crippen molar-refractivity contribution in [1.29, 1.82) is 0 Å². The van der Waals surface area contributed by atoms with Crippen LogP contribution in [0.4, 0.5) is 0 Å². The Balaban J connectivity index is 1.50. The molecule has 6 nitrogen and oxygen atoms in total. The maximum Gasteiger partial charge on any atom is 0.271 e. The third-order valence-electron chi connectivity index (χ3n) is 6.56. The highest BCUT2D eigenvalue weighted by molar-refractivity contribution is 6.30. The van der Waals surface area contributed by atoms with Crippen LogP contribution in [0.1, 0.15) is 34.1 Å². The second-order valence-corrected chi connectivity index (χ2v) is 9.57. The molecule has 2 aromatic heterocycles. The van der Waals surface area contributed by atoms with Gasteiger partial charge in [0.05, 0.1) is 18.5 Å². The molecule has 0 bridgehead atoms. The molecule has 1 N–H and O–H groups in total. The summed E-state index contributed by atoms with van der Waals surface area (Å²) >= 11 is 5.99. The number of aromatic nitrogens is 1. The van der Waals surface area contributed by atoms with Crippen molar-refractivity contribution in [3.63, 3.8) is 0 Å². The van der Waals surface area contributed by atoms with Crippen LogP contribution in [0.25, 0.3) is 11.5 Å². The maximum absolute atomic E-state index is 13.8. The summed E-state index contributed by atoms with van der Waals surface area (Å²) < 4.78 is 7.49. The predicted molar refractivity (Wildman–Crippen MR) is 135 cm³/mol. The first kappa shape index (κ1) is 23.0. The number of hydrogen-bond acceptors (Lipinski definition) is 3. The molecular formula is C28H26ClN3O3. The first-order valence-corrected chi connectivity index (χ1v) is 11.9. The Kier molecular flexibility index (Phi) is 5.99. The lowest BCUT2D eigenvalue weighted by Gasteiger charge is -2.44. The standard InChI is InChI=1S/C28H26ClN3O3/c1-19-5-3-6-21(15-19)17-32-26(33)24-13-12-23(25-7-4-14-35-25)31(24)18-28(32,2)27(34)30-16-20-8-10-22(29)11-9-20/h3-15H,16-18H2,1-2H3,(H,30,34). The minimum absolute atomic E-state index is 0.195. The van der Waals surface area contributed by atoms with Crippen LogP contribution >= 0.6 is 11.6 Å². The fraction of sp³-hybridized carbons (Fsp3) is 0.214. The molecule has 2 amide bonds. The number of amides is 2. The van der Waals surface area contributed by atoms with E-state index in [1.807, 2.05) is 73.0 Å². The van der Waals surface area contributed by atoms with Gasteiger partial charge in [0.25, 0.3) is 5.91 Å². The lowest BCUT2D eigenvalue weighted by atomic mass is 9.93. The van der Waals surface area contributed by atoms with Gasteiger partial charge in [0.1, 0.15) is 17.0 Å². The van der Waals surface area contributed by atoms with Gasteiger partial charge in [-0.05, 0) is 61.4 Å². The van der Waals surface area contributed by atoms with Crippen LogP contribution in [0.15, 0.2) is 83.5 Å². The van der Waals surface area contributed by atoms with Crippen molar-refractivity contribution in [3.05, 3.63) is 106 Å². The summed E-state index contributed by atoms with van der Waals surface area (Å²) in [5, 5.41) is 3.68. The second kappa shape index (κ2) is 9.12. The molecular weight excluding hydrogens is 462 g/mol. The number of carbonyl (C=O) groups excluding carboxylic acids is 2. The lowest BCUT2D eigenvalue weighted by Crippen LogP contribution is -2.63. The highest BCUT2D eigenvalue weighted by atomic mass is 35.5. The Morgan fingerprint density at radius 2 is 1.80 bits per heavy atom. The van der Waals surface area contributed by atoms with Crippen molar-refractivity contribution in [3.8, 4) is 11.5 Å². The lowest BCUT2D eigenvalue weighted by molar-refractivity contribution is -0.133. The van der Waals surface area contributed by atoms with E-state index in [9.17, 15) is 9.59 Å². The van der Waals surface area contributed by atoms with E-state index in [2.05, 4.69) is 5.32 Å². The fourth-order valence-electron chi connectivity index (χ4n) is 4.63. The van der Waals surface area contributed by atoms with Crippen LogP contribution in [0, 0.1) is 6.92 Å². The monoisotopic (exact) mass is 487 g/mol. The van der Waals surface area contributed by atoms with Crippen molar-refractivity contribution in [2.45, 2.75) is 39.0 Å². The molecule has 1 aliphatic heterocycles. The van der Waals surface area contributed by atoms with Gasteiger partial charge >= 0.3 is 0 Å². The summed E-state index contributed by atoms with van der Waals surface area (Å²) in [4.78, 5) is 29.2. The van der Waals surface area contributed by atoms with Crippen molar-refractivity contribution in [2.24, 2.45) is 0 Å². The molecule has 0 fully saturated rings. The van der Waals surface area contributed by atoms with Crippen LogP contribution in [0.2, 0.25) is 5.02 Å². The molecule has 1 unspecified atom stereocenters. The molecule has 1 aliphatic rings. The molecule has 5 rings (SSSR count).